The first-order chi connectivity index (χ1) is 16.6. The average molecular weight is 547 g/mol. The molecule has 1 aliphatic rings. The van der Waals surface area contributed by atoms with E-state index in [0.717, 1.165) is 27.9 Å². The lowest BCUT2D eigenvalue weighted by atomic mass is 9.99. The van der Waals surface area contributed by atoms with Gasteiger partial charge < -0.3 is 35.6 Å². The fraction of sp³-hybridized carbons (Fsp3) is 0.591. The van der Waals surface area contributed by atoms with Gasteiger partial charge in [0.2, 0.25) is 0 Å². The van der Waals surface area contributed by atoms with Crippen molar-refractivity contribution in [3.8, 4) is 0 Å². The third-order valence-corrected chi connectivity index (χ3v) is 8.75. The van der Waals surface area contributed by atoms with Crippen LogP contribution in [0, 0.1) is 20.8 Å². The molecule has 35 heavy (non-hydrogen) atoms. The molecule has 0 amide bonds. The number of aromatic nitrogens is 3. The van der Waals surface area contributed by atoms with Crippen LogP contribution in [0.2, 0.25) is 5.02 Å². The van der Waals surface area contributed by atoms with Crippen LogP contribution in [0.4, 0.5) is 5.82 Å². The Morgan fingerprint density at radius 2 is 1.91 bits per heavy atom. The summed E-state index contributed by atoms with van der Waals surface area (Å²) in [5, 5.41) is 53.9. The van der Waals surface area contributed by atoms with Crippen molar-refractivity contribution in [2.75, 3.05) is 23.4 Å². The quantitative estimate of drug-likeness (QED) is 0.144. The minimum Gasteiger partial charge on any atom is -0.394 e. The standard InChI is InChI=1S/C22H31ClN4O6S2/c1-11-14(9-25-20-17(23)12(2)26-13(3)27-20)24-6-5-16(11)34-7-4-8-35-22(32)19(30)18(29)15(10-28)33-21(22)31/h5-6,15,18-19,21,28-32H,4,7-10H2,1-3H3,(H,25,26,27)/t15-,18-,19+,21-,22+/m1/s1. The molecular formula is C22H31ClN4O6S2. The van der Waals surface area contributed by atoms with Crippen molar-refractivity contribution in [3.63, 3.8) is 0 Å². The Labute approximate surface area is 217 Å². The Balaban J connectivity index is 1.52. The SMILES string of the molecule is Cc1nc(C)c(Cl)c(NCc2nccc(SCCCS[C@]3(O)[C@H](O)O[C@H](CO)[C@@H](O)[C@@H]3O)c2C)n1. The van der Waals surface area contributed by atoms with Crippen LogP contribution in [-0.4, -0.2) is 88.1 Å². The number of halogens is 1. The van der Waals surface area contributed by atoms with Crippen molar-refractivity contribution < 1.29 is 30.3 Å². The van der Waals surface area contributed by atoms with Crippen molar-refractivity contribution in [3.05, 3.63) is 40.1 Å². The fourth-order valence-electron chi connectivity index (χ4n) is 3.60. The molecule has 10 nitrogen and oxygen atoms in total. The van der Waals surface area contributed by atoms with E-state index in [2.05, 4.69) is 20.3 Å². The third-order valence-electron chi connectivity index (χ3n) is 5.66. The summed E-state index contributed by atoms with van der Waals surface area (Å²) in [6.07, 6.45) is -3.66. The Hall–Kier alpha value is -1.22. The van der Waals surface area contributed by atoms with Crippen molar-refractivity contribution in [1.82, 2.24) is 15.0 Å². The molecule has 0 aromatic carbocycles. The van der Waals surface area contributed by atoms with Gasteiger partial charge in [0.25, 0.3) is 0 Å². The molecule has 2 aromatic heterocycles. The number of anilines is 1. The third kappa shape index (κ3) is 6.56. The highest BCUT2D eigenvalue weighted by molar-refractivity contribution is 8.01. The molecule has 1 fully saturated rings. The van der Waals surface area contributed by atoms with Crippen LogP contribution in [0.15, 0.2) is 17.2 Å². The second-order valence-corrected chi connectivity index (χ2v) is 11.1. The van der Waals surface area contributed by atoms with Crippen molar-refractivity contribution >= 4 is 40.9 Å². The zero-order chi connectivity index (χ0) is 25.8. The van der Waals surface area contributed by atoms with E-state index in [1.54, 1.807) is 18.0 Å². The zero-order valence-corrected chi connectivity index (χ0v) is 22.1. The van der Waals surface area contributed by atoms with Gasteiger partial charge in [0.1, 0.15) is 35.0 Å². The topological polar surface area (TPSA) is 161 Å². The maximum atomic E-state index is 10.7. The van der Waals surface area contributed by atoms with Gasteiger partial charge in [-0.1, -0.05) is 11.6 Å². The molecule has 3 rings (SSSR count). The predicted molar refractivity (Wildman–Crippen MR) is 136 cm³/mol. The van der Waals surface area contributed by atoms with Crippen molar-refractivity contribution in [2.24, 2.45) is 0 Å². The number of nitrogens with zero attached hydrogens (tertiary/aromatic N) is 3. The van der Waals surface area contributed by atoms with Crippen molar-refractivity contribution in [2.45, 2.75) is 68.2 Å². The first kappa shape index (κ1) is 28.4. The number of hydrogen-bond acceptors (Lipinski definition) is 12. The summed E-state index contributed by atoms with van der Waals surface area (Å²) in [6, 6.07) is 1.93. The molecule has 0 aliphatic carbocycles. The Morgan fingerprint density at radius 3 is 2.63 bits per heavy atom. The number of ether oxygens (including phenoxy) is 1. The number of aliphatic hydroxyl groups is 5. The minimum absolute atomic E-state index is 0.404. The van der Waals surface area contributed by atoms with E-state index in [9.17, 15) is 25.5 Å². The van der Waals surface area contributed by atoms with E-state index in [4.69, 9.17) is 16.3 Å². The maximum Gasteiger partial charge on any atom is 0.196 e. The van der Waals surface area contributed by atoms with Gasteiger partial charge in [0.05, 0.1) is 24.5 Å². The smallest absolute Gasteiger partial charge is 0.196 e. The van der Waals surface area contributed by atoms with E-state index in [0.29, 0.717) is 46.8 Å². The Morgan fingerprint density at radius 1 is 1.17 bits per heavy atom. The summed E-state index contributed by atoms with van der Waals surface area (Å²) in [6.45, 7) is 5.50. The van der Waals surface area contributed by atoms with Crippen LogP contribution in [-0.2, 0) is 11.3 Å². The molecule has 0 unspecified atom stereocenters. The summed E-state index contributed by atoms with van der Waals surface area (Å²) in [5.74, 6) is 2.32. The van der Waals surface area contributed by atoms with Gasteiger partial charge in [-0.15, -0.1) is 23.5 Å². The molecule has 1 aliphatic heterocycles. The zero-order valence-electron chi connectivity index (χ0n) is 19.7. The maximum absolute atomic E-state index is 10.7. The predicted octanol–water partition coefficient (Wildman–Crippen LogP) is 1.40. The number of nitrogens with one attached hydrogen (secondary N) is 1. The minimum atomic E-state index is -2.08. The van der Waals surface area contributed by atoms with Crippen LogP contribution in [0.5, 0.6) is 0 Å². The molecule has 5 atom stereocenters. The monoisotopic (exact) mass is 546 g/mol. The molecule has 13 heteroatoms. The van der Waals surface area contributed by atoms with E-state index in [-0.39, 0.29) is 0 Å². The number of rotatable bonds is 10. The first-order valence-electron chi connectivity index (χ1n) is 11.1. The number of thioether (sulfide) groups is 2. The Bertz CT molecular complexity index is 1020. The highest BCUT2D eigenvalue weighted by atomic mass is 35.5. The van der Waals surface area contributed by atoms with E-state index < -0.39 is 36.1 Å². The van der Waals surface area contributed by atoms with Crippen LogP contribution in [0.25, 0.3) is 0 Å². The van der Waals surface area contributed by atoms with Gasteiger partial charge in [-0.2, -0.15) is 0 Å². The van der Waals surface area contributed by atoms with Crippen LogP contribution < -0.4 is 5.32 Å². The number of aryl methyl sites for hydroxylation is 2. The highest BCUT2D eigenvalue weighted by Crippen LogP contribution is 2.38. The molecule has 0 bridgehead atoms. The second-order valence-electron chi connectivity index (χ2n) is 8.20. The van der Waals surface area contributed by atoms with Gasteiger partial charge in [-0.3, -0.25) is 4.98 Å². The second kappa shape index (κ2) is 12.3. The summed E-state index contributed by atoms with van der Waals surface area (Å²) in [5.41, 5.74) is 2.60. The van der Waals surface area contributed by atoms with Crippen LogP contribution >= 0.6 is 35.1 Å². The molecule has 1 saturated heterocycles. The lowest BCUT2D eigenvalue weighted by Crippen LogP contribution is -2.65. The number of hydrogen-bond donors (Lipinski definition) is 6. The van der Waals surface area contributed by atoms with Crippen LogP contribution in [0.3, 0.4) is 0 Å². The average Bonchev–Trinajstić information content (AvgIpc) is 2.83. The highest BCUT2D eigenvalue weighted by Gasteiger charge is 2.54. The molecule has 0 radical (unpaired) electrons. The fourth-order valence-corrected chi connectivity index (χ4v) is 6.06. The van der Waals surface area contributed by atoms with Gasteiger partial charge in [0.15, 0.2) is 11.2 Å². The number of pyridine rings is 1. The normalized spacial score (nSPS) is 26.7. The molecule has 0 saturated carbocycles. The Kier molecular flexibility index (Phi) is 10.0. The largest absolute Gasteiger partial charge is 0.394 e. The van der Waals surface area contributed by atoms with E-state index in [1.165, 1.54) is 0 Å². The number of aliphatic hydroxyl groups excluding tert-OH is 4. The van der Waals surface area contributed by atoms with E-state index >= 15 is 0 Å². The molecule has 6 N–H and O–H groups in total. The first-order valence-corrected chi connectivity index (χ1v) is 13.4. The summed E-state index contributed by atoms with van der Waals surface area (Å²) < 4.78 is 5.05. The summed E-state index contributed by atoms with van der Waals surface area (Å²) in [7, 11) is 0. The summed E-state index contributed by atoms with van der Waals surface area (Å²) in [4.78, 5) is 12.0. The van der Waals surface area contributed by atoms with Crippen LogP contribution in [0.1, 0.15) is 29.2 Å². The molecular weight excluding hydrogens is 516 g/mol. The molecule has 3 heterocycles. The van der Waals surface area contributed by atoms with Gasteiger partial charge >= 0.3 is 0 Å². The van der Waals surface area contributed by atoms with Gasteiger partial charge in [-0.05, 0) is 50.3 Å². The van der Waals surface area contributed by atoms with Gasteiger partial charge in [0, 0.05) is 11.1 Å². The molecule has 0 spiro atoms. The van der Waals surface area contributed by atoms with E-state index in [1.807, 2.05) is 26.8 Å². The lowest BCUT2D eigenvalue weighted by Gasteiger charge is -2.45. The van der Waals surface area contributed by atoms with Gasteiger partial charge in [-0.25, -0.2) is 9.97 Å². The lowest BCUT2D eigenvalue weighted by molar-refractivity contribution is -0.299. The molecule has 2 aromatic rings. The molecule has 194 valence electrons. The summed E-state index contributed by atoms with van der Waals surface area (Å²) >= 11 is 8.85. The van der Waals surface area contributed by atoms with Crippen molar-refractivity contribution in [1.29, 1.82) is 0 Å².